The van der Waals surface area contributed by atoms with Crippen molar-refractivity contribution >= 4 is 39.4 Å². The minimum absolute atomic E-state index is 0.0192. The van der Waals surface area contributed by atoms with Crippen LogP contribution in [0.2, 0.25) is 0 Å². The van der Waals surface area contributed by atoms with Gasteiger partial charge in [0.05, 0.1) is 22.1 Å². The lowest BCUT2D eigenvalue weighted by atomic mass is 9.77. The number of urea groups is 1. The number of fused-ring (bicyclic) bond motifs is 2. The number of carbonyl (C=O) groups excluding carboxylic acids is 5. The molecule has 5 amide bonds. The molecule has 13 heteroatoms. The van der Waals surface area contributed by atoms with Gasteiger partial charge in [-0.3, -0.25) is 19.2 Å². The van der Waals surface area contributed by atoms with E-state index in [-0.39, 0.29) is 48.4 Å². The smallest absolute Gasteiger partial charge is 0.315 e. The molecule has 51 heavy (non-hydrogen) atoms. The van der Waals surface area contributed by atoms with Crippen LogP contribution in [0.25, 0.3) is 0 Å². The number of hydrogen-bond acceptors (Lipinski definition) is 7. The molecular weight excluding hydrogens is 671 g/mol. The summed E-state index contributed by atoms with van der Waals surface area (Å²) in [5.41, 5.74) is -3.36. The number of carbonyl (C=O) groups is 5. The highest BCUT2D eigenvalue weighted by Crippen LogP contribution is 2.57. The fourth-order valence-corrected chi connectivity index (χ4v) is 9.72. The van der Waals surface area contributed by atoms with Gasteiger partial charge in [-0.2, -0.15) is 0 Å². The molecule has 0 aromatic rings. The molecule has 3 saturated carbocycles. The number of nitrogens with zero attached hydrogens (tertiary/aromatic N) is 1. The lowest BCUT2D eigenvalue weighted by molar-refractivity contribution is -0.152. The van der Waals surface area contributed by atoms with Crippen LogP contribution in [0, 0.1) is 35.0 Å². The Labute approximate surface area is 305 Å². The summed E-state index contributed by atoms with van der Waals surface area (Å²) < 4.78 is 25.7. The fourth-order valence-electron chi connectivity index (χ4n) is 8.20. The Balaban J connectivity index is 1.59. The molecule has 4 fully saturated rings. The zero-order valence-electron chi connectivity index (χ0n) is 32.2. The molecule has 6 atom stereocenters. The molecular formula is C38H61N5O7S. The topological polar surface area (TPSA) is 171 Å². The average Bonchev–Trinajstić information content (AvgIpc) is 3.43. The maximum atomic E-state index is 14.7. The molecule has 0 spiro atoms. The van der Waals surface area contributed by atoms with Crippen LogP contribution in [0.15, 0.2) is 0 Å². The van der Waals surface area contributed by atoms with Crippen molar-refractivity contribution in [1.29, 1.82) is 0 Å². The predicted molar refractivity (Wildman–Crippen MR) is 196 cm³/mol. The first-order valence-electron chi connectivity index (χ1n) is 18.6. The van der Waals surface area contributed by atoms with Crippen molar-refractivity contribution in [2.24, 2.45) is 22.7 Å². The highest BCUT2D eigenvalue weighted by atomic mass is 32.2. The second-order valence-corrected chi connectivity index (χ2v) is 21.3. The number of amides is 5. The first-order valence-corrected chi connectivity index (χ1v) is 20.2. The van der Waals surface area contributed by atoms with E-state index in [4.69, 9.17) is 6.42 Å². The molecule has 4 aliphatic rings. The van der Waals surface area contributed by atoms with Gasteiger partial charge in [-0.15, -0.1) is 12.3 Å². The first-order chi connectivity index (χ1) is 23.4. The Kier molecular flexibility index (Phi) is 11.4. The number of nitrogens with one attached hydrogen (secondary N) is 4. The van der Waals surface area contributed by atoms with Gasteiger partial charge in [0.1, 0.15) is 11.6 Å². The zero-order chi connectivity index (χ0) is 38.4. The van der Waals surface area contributed by atoms with E-state index < -0.39 is 72.7 Å². The van der Waals surface area contributed by atoms with E-state index in [2.05, 4.69) is 41.0 Å². The Morgan fingerprint density at radius 2 is 1.59 bits per heavy atom. The Morgan fingerprint density at radius 3 is 2.10 bits per heavy atom. The molecule has 0 aromatic carbocycles. The number of hydrogen-bond donors (Lipinski definition) is 4. The van der Waals surface area contributed by atoms with Crippen LogP contribution in [0.4, 0.5) is 4.79 Å². The first kappa shape index (κ1) is 40.6. The molecule has 1 saturated heterocycles. The van der Waals surface area contributed by atoms with Crippen LogP contribution in [0.1, 0.15) is 127 Å². The third-order valence-electron chi connectivity index (χ3n) is 11.9. The quantitative estimate of drug-likeness (QED) is 0.176. The van der Waals surface area contributed by atoms with E-state index >= 15 is 0 Å². The maximum absolute atomic E-state index is 14.7. The highest BCUT2D eigenvalue weighted by Gasteiger charge is 2.65. The molecule has 1 heterocycles. The Morgan fingerprint density at radius 1 is 0.980 bits per heavy atom. The molecule has 0 aromatic heterocycles. The number of ketones is 1. The summed E-state index contributed by atoms with van der Waals surface area (Å²) in [6.07, 6.45) is 10.7. The van der Waals surface area contributed by atoms with E-state index in [0.717, 1.165) is 25.7 Å². The van der Waals surface area contributed by atoms with Gasteiger partial charge in [0.15, 0.2) is 9.84 Å². The molecule has 1 aliphatic heterocycles. The summed E-state index contributed by atoms with van der Waals surface area (Å²) in [7, 11) is -3.58. The van der Waals surface area contributed by atoms with E-state index in [1.807, 2.05) is 27.7 Å². The second-order valence-electron chi connectivity index (χ2n) is 18.6. The van der Waals surface area contributed by atoms with Crippen LogP contribution in [0.3, 0.4) is 0 Å². The molecule has 4 rings (SSSR count). The van der Waals surface area contributed by atoms with Crippen molar-refractivity contribution in [3.8, 4) is 12.3 Å². The summed E-state index contributed by atoms with van der Waals surface area (Å²) in [6, 6.07) is -2.92. The summed E-state index contributed by atoms with van der Waals surface area (Å²) in [6.45, 7) is 16.8. The van der Waals surface area contributed by atoms with Crippen LogP contribution >= 0.6 is 0 Å². The van der Waals surface area contributed by atoms with Crippen LogP contribution in [-0.2, 0) is 29.0 Å². The number of terminal acetylenes is 1. The number of sulfone groups is 1. The summed E-state index contributed by atoms with van der Waals surface area (Å²) in [5.74, 6) is 0.0737. The van der Waals surface area contributed by atoms with E-state index in [0.29, 0.717) is 25.7 Å². The second kappa shape index (κ2) is 14.4. The van der Waals surface area contributed by atoms with Gasteiger partial charge >= 0.3 is 6.03 Å². The normalized spacial score (nSPS) is 27.8. The van der Waals surface area contributed by atoms with Crippen molar-refractivity contribution < 1.29 is 32.4 Å². The summed E-state index contributed by atoms with van der Waals surface area (Å²) in [4.78, 5) is 70.7. The van der Waals surface area contributed by atoms with E-state index in [9.17, 15) is 32.4 Å². The van der Waals surface area contributed by atoms with Crippen LogP contribution in [0.5, 0.6) is 0 Å². The van der Waals surface area contributed by atoms with Gasteiger partial charge < -0.3 is 26.2 Å². The van der Waals surface area contributed by atoms with Crippen molar-refractivity contribution in [2.75, 3.05) is 12.3 Å². The number of Topliss-reactive ketones (excluding diaryl/α,β-unsaturated/α-hetero) is 1. The molecule has 5 unspecified atom stereocenters. The molecule has 0 radical (unpaired) electrons. The Bertz CT molecular complexity index is 1550. The monoisotopic (exact) mass is 731 g/mol. The van der Waals surface area contributed by atoms with Crippen molar-refractivity contribution in [3.63, 3.8) is 0 Å². The number of piperidine rings is 1. The third-order valence-corrected chi connectivity index (χ3v) is 14.7. The largest absolute Gasteiger partial charge is 0.346 e. The van der Waals surface area contributed by atoms with Gasteiger partial charge in [-0.1, -0.05) is 60.8 Å². The fraction of sp³-hybridized carbons (Fsp3) is 0.816. The van der Waals surface area contributed by atoms with Crippen LogP contribution in [-0.4, -0.2) is 89.1 Å². The van der Waals surface area contributed by atoms with Gasteiger partial charge in [-0.05, 0) is 82.0 Å². The highest BCUT2D eigenvalue weighted by molar-refractivity contribution is 7.92. The average molecular weight is 732 g/mol. The number of likely N-dealkylation sites (tertiary alicyclic amines) is 1. The van der Waals surface area contributed by atoms with E-state index in [1.54, 1.807) is 25.7 Å². The zero-order valence-corrected chi connectivity index (χ0v) is 33.0. The van der Waals surface area contributed by atoms with E-state index in [1.165, 1.54) is 0 Å². The minimum atomic E-state index is -3.58. The molecule has 12 nitrogen and oxygen atoms in total. The van der Waals surface area contributed by atoms with Gasteiger partial charge in [-0.25, -0.2) is 13.2 Å². The van der Waals surface area contributed by atoms with Gasteiger partial charge in [0.2, 0.25) is 17.6 Å². The van der Waals surface area contributed by atoms with Crippen molar-refractivity contribution in [2.45, 2.75) is 160 Å². The lowest BCUT2D eigenvalue weighted by Crippen LogP contribution is -2.67. The maximum Gasteiger partial charge on any atom is 0.315 e. The molecule has 4 N–H and O–H groups in total. The third kappa shape index (κ3) is 8.74. The Hall–Kier alpha value is -3.14. The summed E-state index contributed by atoms with van der Waals surface area (Å²) in [5, 5.41) is 11.5. The van der Waals surface area contributed by atoms with Crippen LogP contribution < -0.4 is 21.3 Å². The minimum Gasteiger partial charge on any atom is -0.346 e. The van der Waals surface area contributed by atoms with Gasteiger partial charge in [0, 0.05) is 19.0 Å². The van der Waals surface area contributed by atoms with Gasteiger partial charge in [0.25, 0.3) is 5.91 Å². The standard InChI is InChI=1S/C38H61N5O7S/c1-11-12-16-26(28(44)30(45)39-27-19-24(27)2)40-32(47)38-20-25(36(9,10)22-38)21-43(38)31(46)29(34(3,4)5)41-33(48)42-37(17-14-13-15-18-37)23-51(49,50)35(6,7)8/h1,24-27,29H,12-23H2,2-10H3,(H,39,45)(H,40,47)(H2,41,42,48)/t24?,25?,26?,27?,29-,38?/m1/s1. The SMILES string of the molecule is C#CCCC(NC(=O)C12CC(CN1C(=O)[C@@H](NC(=O)NC1(CS(=O)(=O)C(C)(C)C)CCCCC1)C(C)(C)C)C(C)(C)C2)C(=O)C(=O)NC1CC1C. The molecule has 2 bridgehead atoms. The van der Waals surface area contributed by atoms with Crippen molar-refractivity contribution in [1.82, 2.24) is 26.2 Å². The van der Waals surface area contributed by atoms with Crippen molar-refractivity contribution in [3.05, 3.63) is 0 Å². The predicted octanol–water partition coefficient (Wildman–Crippen LogP) is 3.63. The molecule has 286 valence electrons. The summed E-state index contributed by atoms with van der Waals surface area (Å²) >= 11 is 0. The lowest BCUT2D eigenvalue weighted by Gasteiger charge is -2.46. The number of rotatable bonds is 12. The molecule has 3 aliphatic carbocycles.